The highest BCUT2D eigenvalue weighted by molar-refractivity contribution is 5.92. The van der Waals surface area contributed by atoms with Crippen LogP contribution in [0.4, 0.5) is 5.95 Å². The van der Waals surface area contributed by atoms with Crippen molar-refractivity contribution in [3.8, 4) is 0 Å². The van der Waals surface area contributed by atoms with Crippen LogP contribution in [0.2, 0.25) is 0 Å². The molecule has 0 aliphatic carbocycles. The molecule has 3 rings (SSSR count). The van der Waals surface area contributed by atoms with E-state index < -0.39 is 0 Å². The van der Waals surface area contributed by atoms with Crippen LogP contribution in [-0.4, -0.2) is 39.8 Å². The minimum atomic E-state index is -0.0612. The van der Waals surface area contributed by atoms with Crippen LogP contribution >= 0.6 is 0 Å². The molecule has 1 aromatic heterocycles. The molecule has 0 spiro atoms. The van der Waals surface area contributed by atoms with Gasteiger partial charge in [-0.15, -0.1) is 0 Å². The van der Waals surface area contributed by atoms with E-state index in [-0.39, 0.29) is 17.7 Å². The topological polar surface area (TPSA) is 78.1 Å². The number of hydrogen-bond acceptors (Lipinski definition) is 3. The summed E-state index contributed by atoms with van der Waals surface area (Å²) in [5, 5.41) is 2.86. The van der Waals surface area contributed by atoms with Gasteiger partial charge in [-0.05, 0) is 31.4 Å². The molecule has 0 radical (unpaired) electrons. The van der Waals surface area contributed by atoms with Gasteiger partial charge in [-0.2, -0.15) is 0 Å². The molecule has 1 aromatic carbocycles. The number of para-hydroxylation sites is 2. The summed E-state index contributed by atoms with van der Waals surface area (Å²) in [4.78, 5) is 33.6. The van der Waals surface area contributed by atoms with Crippen molar-refractivity contribution in [2.45, 2.75) is 32.6 Å². The number of nitrogens with zero attached hydrogens (tertiary/aromatic N) is 2. The van der Waals surface area contributed by atoms with Gasteiger partial charge in [0.05, 0.1) is 11.0 Å². The summed E-state index contributed by atoms with van der Waals surface area (Å²) in [7, 11) is 0. The number of carbonyl (C=O) groups is 2. The second-order valence-electron chi connectivity index (χ2n) is 6.00. The number of aromatic nitrogens is 2. The van der Waals surface area contributed by atoms with E-state index in [0.29, 0.717) is 38.3 Å². The lowest BCUT2D eigenvalue weighted by Gasteiger charge is -2.31. The Labute approximate surface area is 135 Å². The maximum absolute atomic E-state index is 12.4. The van der Waals surface area contributed by atoms with Crippen molar-refractivity contribution < 1.29 is 9.59 Å². The number of carbonyl (C=O) groups excluding carboxylic acids is 2. The molecule has 1 aliphatic rings. The minimum absolute atomic E-state index is 0.0216. The predicted molar refractivity (Wildman–Crippen MR) is 88.9 cm³/mol. The number of nitrogens with one attached hydrogen (secondary N) is 2. The summed E-state index contributed by atoms with van der Waals surface area (Å²) in [6.45, 7) is 3.33. The lowest BCUT2D eigenvalue weighted by atomic mass is 9.95. The van der Waals surface area contributed by atoms with Crippen molar-refractivity contribution in [1.82, 2.24) is 14.9 Å². The smallest absolute Gasteiger partial charge is 0.229 e. The molecule has 0 unspecified atom stereocenters. The van der Waals surface area contributed by atoms with Crippen LogP contribution in [0.3, 0.4) is 0 Å². The van der Waals surface area contributed by atoms with E-state index in [1.165, 1.54) is 0 Å². The molecule has 2 heterocycles. The molecule has 0 atom stereocenters. The Hall–Kier alpha value is -2.37. The average Bonchev–Trinajstić information content (AvgIpc) is 2.97. The molecule has 6 nitrogen and oxygen atoms in total. The summed E-state index contributed by atoms with van der Waals surface area (Å²) >= 11 is 0. The number of aromatic amines is 1. The molecule has 23 heavy (non-hydrogen) atoms. The predicted octanol–water partition coefficient (Wildman–Crippen LogP) is 2.54. The number of amides is 2. The third-order valence-corrected chi connectivity index (χ3v) is 4.31. The summed E-state index contributed by atoms with van der Waals surface area (Å²) in [5.41, 5.74) is 1.74. The first kappa shape index (κ1) is 15.5. The maximum atomic E-state index is 12.4. The van der Waals surface area contributed by atoms with Gasteiger partial charge in [0.1, 0.15) is 0 Å². The molecular formula is C17H22N4O2. The zero-order valence-electron chi connectivity index (χ0n) is 13.3. The monoisotopic (exact) mass is 314 g/mol. The third-order valence-electron chi connectivity index (χ3n) is 4.31. The first-order valence-corrected chi connectivity index (χ1v) is 8.20. The molecule has 122 valence electrons. The molecule has 6 heteroatoms. The first-order chi connectivity index (χ1) is 11.2. The lowest BCUT2D eigenvalue weighted by Crippen LogP contribution is -2.41. The van der Waals surface area contributed by atoms with E-state index in [1.807, 2.05) is 36.1 Å². The van der Waals surface area contributed by atoms with Crippen LogP contribution in [-0.2, 0) is 9.59 Å². The Morgan fingerprint density at radius 1 is 1.30 bits per heavy atom. The molecule has 1 aliphatic heterocycles. The highest BCUT2D eigenvalue weighted by Crippen LogP contribution is 2.20. The summed E-state index contributed by atoms with van der Waals surface area (Å²) in [5.74, 6) is 0.602. The number of anilines is 1. The van der Waals surface area contributed by atoms with Crippen molar-refractivity contribution in [3.05, 3.63) is 24.3 Å². The second kappa shape index (κ2) is 6.81. The van der Waals surface area contributed by atoms with Crippen LogP contribution in [0.15, 0.2) is 24.3 Å². The van der Waals surface area contributed by atoms with Crippen molar-refractivity contribution in [1.29, 1.82) is 0 Å². The van der Waals surface area contributed by atoms with E-state index >= 15 is 0 Å². The SMILES string of the molecule is CCCC(=O)N1CCC(C(=O)Nc2nc3ccccc3[nH]2)CC1. The minimum Gasteiger partial charge on any atom is -0.343 e. The van der Waals surface area contributed by atoms with Crippen LogP contribution < -0.4 is 5.32 Å². The number of benzene rings is 1. The van der Waals surface area contributed by atoms with Gasteiger partial charge >= 0.3 is 0 Å². The molecule has 0 saturated carbocycles. The number of likely N-dealkylation sites (tertiary alicyclic amines) is 1. The highest BCUT2D eigenvalue weighted by atomic mass is 16.2. The molecule has 2 amide bonds. The Kier molecular flexibility index (Phi) is 4.60. The van der Waals surface area contributed by atoms with Crippen LogP contribution in [0.1, 0.15) is 32.6 Å². The Morgan fingerprint density at radius 2 is 2.04 bits per heavy atom. The van der Waals surface area contributed by atoms with E-state index in [0.717, 1.165) is 17.5 Å². The van der Waals surface area contributed by atoms with Gasteiger partial charge in [-0.3, -0.25) is 14.9 Å². The van der Waals surface area contributed by atoms with Crippen molar-refractivity contribution >= 4 is 28.8 Å². The quantitative estimate of drug-likeness (QED) is 0.910. The van der Waals surface area contributed by atoms with E-state index in [4.69, 9.17) is 0 Å². The highest BCUT2D eigenvalue weighted by Gasteiger charge is 2.27. The number of imidazole rings is 1. The molecule has 2 N–H and O–H groups in total. The van der Waals surface area contributed by atoms with Crippen LogP contribution in [0.5, 0.6) is 0 Å². The fraction of sp³-hybridized carbons (Fsp3) is 0.471. The maximum Gasteiger partial charge on any atom is 0.229 e. The Morgan fingerprint density at radius 3 is 2.74 bits per heavy atom. The zero-order chi connectivity index (χ0) is 16.2. The van der Waals surface area contributed by atoms with Crippen LogP contribution in [0.25, 0.3) is 11.0 Å². The molecular weight excluding hydrogens is 292 g/mol. The first-order valence-electron chi connectivity index (χ1n) is 8.20. The van der Waals surface area contributed by atoms with Crippen molar-refractivity contribution in [2.24, 2.45) is 5.92 Å². The molecule has 1 fully saturated rings. The third kappa shape index (κ3) is 3.52. The molecule has 1 saturated heterocycles. The number of rotatable bonds is 4. The van der Waals surface area contributed by atoms with Crippen molar-refractivity contribution in [3.63, 3.8) is 0 Å². The molecule has 2 aromatic rings. The van der Waals surface area contributed by atoms with Gasteiger partial charge in [0.15, 0.2) is 0 Å². The van der Waals surface area contributed by atoms with Gasteiger partial charge in [0, 0.05) is 25.4 Å². The van der Waals surface area contributed by atoms with Gasteiger partial charge in [-0.1, -0.05) is 19.1 Å². The van der Waals surface area contributed by atoms with Gasteiger partial charge in [0.2, 0.25) is 17.8 Å². The number of fused-ring (bicyclic) bond motifs is 1. The van der Waals surface area contributed by atoms with E-state index in [9.17, 15) is 9.59 Å². The molecule has 0 bridgehead atoms. The van der Waals surface area contributed by atoms with E-state index in [2.05, 4.69) is 15.3 Å². The summed E-state index contributed by atoms with van der Waals surface area (Å²) in [6.07, 6.45) is 2.88. The van der Waals surface area contributed by atoms with Crippen molar-refractivity contribution in [2.75, 3.05) is 18.4 Å². The Bertz CT molecular complexity index is 668. The van der Waals surface area contributed by atoms with Crippen LogP contribution in [0, 0.1) is 5.92 Å². The standard InChI is InChI=1S/C17H22N4O2/c1-2-5-15(22)21-10-8-12(9-11-21)16(23)20-17-18-13-6-3-4-7-14(13)19-17/h3-4,6-7,12H,2,5,8-11H2,1H3,(H2,18,19,20,23). The fourth-order valence-corrected chi connectivity index (χ4v) is 2.99. The number of hydrogen-bond donors (Lipinski definition) is 2. The zero-order valence-corrected chi connectivity index (χ0v) is 13.3. The number of H-pyrrole nitrogens is 1. The van der Waals surface area contributed by atoms with E-state index in [1.54, 1.807) is 0 Å². The average molecular weight is 314 g/mol. The number of piperidine rings is 1. The Balaban J connectivity index is 1.56. The largest absolute Gasteiger partial charge is 0.343 e. The van der Waals surface area contributed by atoms with Gasteiger partial charge in [0.25, 0.3) is 0 Å². The van der Waals surface area contributed by atoms with Gasteiger partial charge in [-0.25, -0.2) is 4.98 Å². The fourth-order valence-electron chi connectivity index (χ4n) is 2.99. The summed E-state index contributed by atoms with van der Waals surface area (Å²) in [6, 6.07) is 7.67. The normalized spacial score (nSPS) is 15.8. The van der Waals surface area contributed by atoms with Gasteiger partial charge < -0.3 is 9.88 Å². The summed E-state index contributed by atoms with van der Waals surface area (Å²) < 4.78 is 0. The lowest BCUT2D eigenvalue weighted by molar-refractivity contribution is -0.134. The second-order valence-corrected chi connectivity index (χ2v) is 6.00.